The summed E-state index contributed by atoms with van der Waals surface area (Å²) < 4.78 is 75.8. The van der Waals surface area contributed by atoms with E-state index in [9.17, 15) is 26.3 Å². The maximum atomic E-state index is 12.6. The molecule has 0 fully saturated rings. The molecule has 102 valence electrons. The summed E-state index contributed by atoms with van der Waals surface area (Å²) >= 11 is 0. The second-order valence-electron chi connectivity index (χ2n) is 3.72. The van der Waals surface area contributed by atoms with Crippen molar-refractivity contribution >= 4 is 0 Å². The lowest BCUT2D eigenvalue weighted by Crippen LogP contribution is -2.17. The van der Waals surface area contributed by atoms with Crippen LogP contribution in [0.1, 0.15) is 29.2 Å². The van der Waals surface area contributed by atoms with E-state index < -0.39 is 30.0 Å². The van der Waals surface area contributed by atoms with Gasteiger partial charge in [0.25, 0.3) is 0 Å². The lowest BCUT2D eigenvalue weighted by atomic mass is 9.96. The summed E-state index contributed by atoms with van der Waals surface area (Å²) in [6.45, 7) is 0.984. The van der Waals surface area contributed by atoms with Gasteiger partial charge in [-0.2, -0.15) is 26.3 Å². The number of hydrogen-bond acceptors (Lipinski definition) is 1. The molecular formula is C11H11F6N. The summed E-state index contributed by atoms with van der Waals surface area (Å²) in [5, 5.41) is 0. The summed E-state index contributed by atoms with van der Waals surface area (Å²) in [5.74, 6) is 0. The molecule has 0 radical (unpaired) electrons. The van der Waals surface area contributed by atoms with E-state index in [1.807, 2.05) is 0 Å². The zero-order valence-corrected chi connectivity index (χ0v) is 9.41. The molecule has 0 aliphatic carbocycles. The number of alkyl halides is 6. The van der Waals surface area contributed by atoms with Gasteiger partial charge >= 0.3 is 12.4 Å². The predicted molar refractivity (Wildman–Crippen MR) is 53.7 cm³/mol. The Morgan fingerprint density at radius 2 is 1.33 bits per heavy atom. The molecule has 0 aromatic heterocycles. The molecule has 0 saturated carbocycles. The molecule has 0 heterocycles. The molecule has 1 rings (SSSR count). The van der Waals surface area contributed by atoms with Crippen LogP contribution in [0, 0.1) is 0 Å². The lowest BCUT2D eigenvalue weighted by Gasteiger charge is -2.18. The van der Waals surface area contributed by atoms with Crippen molar-refractivity contribution in [2.75, 3.05) is 0 Å². The fraction of sp³-hybridized carbons (Fsp3) is 0.455. The quantitative estimate of drug-likeness (QED) is 0.814. The predicted octanol–water partition coefficient (Wildman–Crippen LogP) is 3.75. The molecule has 0 aliphatic heterocycles. The Balaban J connectivity index is 3.55. The van der Waals surface area contributed by atoms with Gasteiger partial charge in [0.15, 0.2) is 0 Å². The van der Waals surface area contributed by atoms with E-state index in [0.717, 1.165) is 6.07 Å². The van der Waals surface area contributed by atoms with Gasteiger partial charge in [0.2, 0.25) is 0 Å². The number of halogens is 6. The van der Waals surface area contributed by atoms with E-state index >= 15 is 0 Å². The topological polar surface area (TPSA) is 26.0 Å². The highest BCUT2D eigenvalue weighted by Gasteiger charge is 2.39. The number of aryl methyl sites for hydroxylation is 1. The van der Waals surface area contributed by atoms with Crippen molar-refractivity contribution in [3.8, 4) is 0 Å². The highest BCUT2D eigenvalue weighted by atomic mass is 19.4. The van der Waals surface area contributed by atoms with E-state index in [1.165, 1.54) is 6.92 Å². The van der Waals surface area contributed by atoms with Crippen LogP contribution in [0.4, 0.5) is 26.3 Å². The monoisotopic (exact) mass is 271 g/mol. The first-order valence-corrected chi connectivity index (χ1v) is 5.11. The minimum atomic E-state index is -4.85. The van der Waals surface area contributed by atoms with Gasteiger partial charge < -0.3 is 5.73 Å². The normalized spacial score (nSPS) is 12.9. The molecular weight excluding hydrogens is 260 g/mol. The maximum Gasteiger partial charge on any atom is 0.416 e. The van der Waals surface area contributed by atoms with Gasteiger partial charge in [-0.25, -0.2) is 0 Å². The van der Waals surface area contributed by atoms with Gasteiger partial charge in [0.1, 0.15) is 0 Å². The Hall–Kier alpha value is -1.24. The summed E-state index contributed by atoms with van der Waals surface area (Å²) in [4.78, 5) is 0. The Bertz CT molecular complexity index is 395. The highest BCUT2D eigenvalue weighted by Crippen LogP contribution is 2.39. The van der Waals surface area contributed by atoms with Crippen molar-refractivity contribution in [1.29, 1.82) is 0 Å². The van der Waals surface area contributed by atoms with Crippen LogP contribution in [0.5, 0.6) is 0 Å². The van der Waals surface area contributed by atoms with Crippen molar-refractivity contribution in [1.82, 2.24) is 0 Å². The SMILES string of the molecule is CCc1cc(CN)c(C(F)(F)F)cc1C(F)(F)F. The molecule has 18 heavy (non-hydrogen) atoms. The summed E-state index contributed by atoms with van der Waals surface area (Å²) in [6, 6.07) is 1.02. The van der Waals surface area contributed by atoms with Crippen LogP contribution in [-0.4, -0.2) is 0 Å². The Morgan fingerprint density at radius 3 is 1.67 bits per heavy atom. The molecule has 2 N–H and O–H groups in total. The van der Waals surface area contributed by atoms with Crippen molar-refractivity contribution in [2.24, 2.45) is 5.73 Å². The van der Waals surface area contributed by atoms with Crippen molar-refractivity contribution in [3.63, 3.8) is 0 Å². The first-order chi connectivity index (χ1) is 8.11. The average molecular weight is 271 g/mol. The number of hydrogen-bond donors (Lipinski definition) is 1. The summed E-state index contributed by atoms with van der Waals surface area (Å²) in [7, 11) is 0. The van der Waals surface area contributed by atoms with Crippen molar-refractivity contribution < 1.29 is 26.3 Å². The van der Waals surface area contributed by atoms with Crippen LogP contribution >= 0.6 is 0 Å². The van der Waals surface area contributed by atoms with Gasteiger partial charge in [-0.3, -0.25) is 0 Å². The Labute approximate surface area is 99.6 Å². The van der Waals surface area contributed by atoms with Crippen LogP contribution in [0.25, 0.3) is 0 Å². The van der Waals surface area contributed by atoms with Crippen LogP contribution in [0.15, 0.2) is 12.1 Å². The van der Waals surface area contributed by atoms with Gasteiger partial charge in [-0.05, 0) is 23.6 Å². The standard InChI is InChI=1S/C11H11F6N/c1-2-6-3-7(5-18)9(11(15,16)17)4-8(6)10(12,13)14/h3-4H,2,5,18H2,1H3. The maximum absolute atomic E-state index is 12.6. The molecule has 1 aromatic rings. The smallest absolute Gasteiger partial charge is 0.326 e. The largest absolute Gasteiger partial charge is 0.416 e. The third-order valence-electron chi connectivity index (χ3n) is 2.54. The van der Waals surface area contributed by atoms with Crippen LogP contribution < -0.4 is 5.73 Å². The molecule has 0 unspecified atom stereocenters. The third kappa shape index (κ3) is 2.95. The first-order valence-electron chi connectivity index (χ1n) is 5.11. The third-order valence-corrected chi connectivity index (χ3v) is 2.54. The van der Waals surface area contributed by atoms with Crippen LogP contribution in [-0.2, 0) is 25.3 Å². The Kier molecular flexibility index (Phi) is 3.95. The molecule has 0 atom stereocenters. The van der Waals surface area contributed by atoms with Crippen LogP contribution in [0.2, 0.25) is 0 Å². The molecule has 1 aromatic carbocycles. The lowest BCUT2D eigenvalue weighted by molar-refractivity contribution is -0.143. The average Bonchev–Trinajstić information content (AvgIpc) is 2.24. The summed E-state index contributed by atoms with van der Waals surface area (Å²) in [6.07, 6.45) is -9.67. The Morgan fingerprint density at radius 1 is 0.889 bits per heavy atom. The van der Waals surface area contributed by atoms with Gasteiger partial charge in [-0.1, -0.05) is 13.0 Å². The van der Waals surface area contributed by atoms with E-state index in [0.29, 0.717) is 0 Å². The first kappa shape index (κ1) is 14.8. The van der Waals surface area contributed by atoms with E-state index in [-0.39, 0.29) is 23.6 Å². The molecule has 0 spiro atoms. The number of benzene rings is 1. The number of rotatable bonds is 2. The highest BCUT2D eigenvalue weighted by molar-refractivity contribution is 5.41. The molecule has 0 saturated heterocycles. The summed E-state index contributed by atoms with van der Waals surface area (Å²) in [5.41, 5.74) is 2.06. The zero-order valence-electron chi connectivity index (χ0n) is 9.41. The molecule has 7 heteroatoms. The molecule has 0 aliphatic rings. The second kappa shape index (κ2) is 4.79. The second-order valence-corrected chi connectivity index (χ2v) is 3.72. The molecule has 0 amide bonds. The van der Waals surface area contributed by atoms with E-state index in [1.54, 1.807) is 0 Å². The zero-order chi connectivity index (χ0) is 14.1. The number of nitrogens with two attached hydrogens (primary N) is 1. The van der Waals surface area contributed by atoms with Crippen LogP contribution in [0.3, 0.4) is 0 Å². The molecule has 1 nitrogen and oxygen atoms in total. The fourth-order valence-corrected chi connectivity index (χ4v) is 1.68. The van der Waals surface area contributed by atoms with Crippen molar-refractivity contribution in [3.05, 3.63) is 34.4 Å². The van der Waals surface area contributed by atoms with E-state index in [4.69, 9.17) is 5.73 Å². The fourth-order valence-electron chi connectivity index (χ4n) is 1.68. The van der Waals surface area contributed by atoms with Gasteiger partial charge in [0, 0.05) is 6.54 Å². The van der Waals surface area contributed by atoms with E-state index in [2.05, 4.69) is 0 Å². The minimum Gasteiger partial charge on any atom is -0.326 e. The molecule has 0 bridgehead atoms. The van der Waals surface area contributed by atoms with Gasteiger partial charge in [-0.15, -0.1) is 0 Å². The minimum absolute atomic E-state index is 0.0139. The van der Waals surface area contributed by atoms with Crippen molar-refractivity contribution in [2.45, 2.75) is 32.2 Å². The van der Waals surface area contributed by atoms with Gasteiger partial charge in [0.05, 0.1) is 11.1 Å².